The minimum absolute atomic E-state index is 0.0485. The van der Waals surface area contributed by atoms with Crippen LogP contribution < -0.4 is 15.6 Å². The van der Waals surface area contributed by atoms with Gasteiger partial charge in [0.2, 0.25) is 0 Å². The summed E-state index contributed by atoms with van der Waals surface area (Å²) in [5, 5.41) is 2.91. The van der Waals surface area contributed by atoms with Gasteiger partial charge in [-0.25, -0.2) is 4.98 Å². The third-order valence-electron chi connectivity index (χ3n) is 5.60. The lowest BCUT2D eigenvalue weighted by Gasteiger charge is -2.10. The van der Waals surface area contributed by atoms with Crippen LogP contribution in [0.5, 0.6) is 5.75 Å². The van der Waals surface area contributed by atoms with Gasteiger partial charge in [-0.05, 0) is 60.2 Å². The average molecular weight is 466 g/mol. The van der Waals surface area contributed by atoms with Crippen molar-refractivity contribution in [2.45, 2.75) is 13.1 Å². The Morgan fingerprint density at radius 1 is 1.00 bits per heavy atom. The number of carbonyl (C=O) groups is 1. The minimum atomic E-state index is -0.162. The second-order valence-electron chi connectivity index (χ2n) is 7.94. The maximum Gasteiger partial charge on any atom is 0.251 e. The quantitative estimate of drug-likeness (QED) is 0.378. The zero-order valence-corrected chi connectivity index (χ0v) is 18.9. The zero-order chi connectivity index (χ0) is 24.0. The maximum absolute atomic E-state index is 12.6. The second-order valence-corrected chi connectivity index (χ2v) is 7.94. The molecule has 0 fully saturated rings. The lowest BCUT2D eigenvalue weighted by molar-refractivity contribution is 0.0951. The van der Waals surface area contributed by atoms with Gasteiger partial charge in [-0.15, -0.1) is 0 Å². The summed E-state index contributed by atoms with van der Waals surface area (Å²) in [5.41, 5.74) is 3.99. The molecule has 0 saturated carbocycles. The molecule has 5 rings (SSSR count). The van der Waals surface area contributed by atoms with Crippen molar-refractivity contribution in [3.8, 4) is 11.4 Å². The van der Waals surface area contributed by atoms with Crippen LogP contribution in [0.2, 0.25) is 0 Å². The monoisotopic (exact) mass is 465 g/mol. The van der Waals surface area contributed by atoms with Crippen molar-refractivity contribution >= 4 is 16.9 Å². The van der Waals surface area contributed by atoms with E-state index in [4.69, 9.17) is 4.74 Å². The summed E-state index contributed by atoms with van der Waals surface area (Å²) in [6.07, 6.45) is 6.91. The van der Waals surface area contributed by atoms with Crippen molar-refractivity contribution in [1.29, 1.82) is 0 Å². The molecule has 0 spiro atoms. The number of fused-ring (bicyclic) bond motifs is 1. The highest BCUT2D eigenvalue weighted by Crippen LogP contribution is 2.22. The number of rotatable bonds is 8. The fourth-order valence-electron chi connectivity index (χ4n) is 3.76. The van der Waals surface area contributed by atoms with Gasteiger partial charge in [-0.2, -0.15) is 0 Å². The molecule has 0 aliphatic heterocycles. The number of benzene rings is 2. The largest absolute Gasteiger partial charge is 0.492 e. The Kier molecular flexibility index (Phi) is 6.34. The van der Waals surface area contributed by atoms with Gasteiger partial charge < -0.3 is 14.6 Å². The Bertz CT molecular complexity index is 1510. The summed E-state index contributed by atoms with van der Waals surface area (Å²) in [4.78, 5) is 32.9. The van der Waals surface area contributed by atoms with Gasteiger partial charge in [0.05, 0.1) is 17.6 Å². The van der Waals surface area contributed by atoms with Crippen molar-refractivity contribution in [1.82, 2.24) is 24.4 Å². The summed E-state index contributed by atoms with van der Waals surface area (Å²) in [6.45, 7) is 1.28. The van der Waals surface area contributed by atoms with Gasteiger partial charge in [0.15, 0.2) is 0 Å². The van der Waals surface area contributed by atoms with Crippen LogP contribution in [0, 0.1) is 0 Å². The number of amides is 1. The van der Waals surface area contributed by atoms with E-state index >= 15 is 0 Å². The number of pyridine rings is 2. The minimum Gasteiger partial charge on any atom is -0.492 e. The molecular formula is C27H23N5O3. The molecule has 8 nitrogen and oxygen atoms in total. The van der Waals surface area contributed by atoms with E-state index in [1.807, 2.05) is 53.1 Å². The first-order valence-electron chi connectivity index (χ1n) is 11.2. The Labute approximate surface area is 201 Å². The van der Waals surface area contributed by atoms with E-state index in [-0.39, 0.29) is 11.5 Å². The first-order valence-corrected chi connectivity index (χ1v) is 11.2. The first-order chi connectivity index (χ1) is 17.2. The van der Waals surface area contributed by atoms with E-state index < -0.39 is 0 Å². The molecule has 0 aliphatic carbocycles. The highest BCUT2D eigenvalue weighted by Gasteiger charge is 2.10. The standard InChI is InChI=1S/C27H23N5O3/c33-26-5-1-2-13-31(26)14-15-35-23-9-7-22(8-10-23)32-19-30-24-16-21(6-11-25(24)32)27(34)29-18-20-4-3-12-28-17-20/h1-13,16-17,19H,14-15,18H2,(H,29,34). The maximum atomic E-state index is 12.6. The molecule has 1 amide bonds. The third kappa shape index (κ3) is 5.11. The second kappa shape index (κ2) is 10.0. The summed E-state index contributed by atoms with van der Waals surface area (Å²) in [6, 6.07) is 22.0. The van der Waals surface area contributed by atoms with Crippen molar-refractivity contribution in [3.63, 3.8) is 0 Å². The SMILES string of the molecule is O=C(NCc1cccnc1)c1ccc2c(c1)ncn2-c1ccc(OCCn2ccccc2=O)cc1. The van der Waals surface area contributed by atoms with Gasteiger partial charge in [-0.3, -0.25) is 19.1 Å². The van der Waals surface area contributed by atoms with E-state index in [2.05, 4.69) is 15.3 Å². The van der Waals surface area contributed by atoms with Gasteiger partial charge in [-0.1, -0.05) is 12.1 Å². The molecular weight excluding hydrogens is 442 g/mol. The molecule has 0 bridgehead atoms. The van der Waals surface area contributed by atoms with E-state index in [1.165, 1.54) is 6.07 Å². The fourth-order valence-corrected chi connectivity index (χ4v) is 3.76. The number of hydrogen-bond donors (Lipinski definition) is 1. The molecule has 0 atom stereocenters. The van der Waals surface area contributed by atoms with Gasteiger partial charge >= 0.3 is 0 Å². The molecule has 174 valence electrons. The lowest BCUT2D eigenvalue weighted by atomic mass is 10.1. The molecule has 1 N–H and O–H groups in total. The summed E-state index contributed by atoms with van der Waals surface area (Å²) >= 11 is 0. The highest BCUT2D eigenvalue weighted by atomic mass is 16.5. The topological polar surface area (TPSA) is 91.0 Å². The van der Waals surface area contributed by atoms with Crippen LogP contribution in [0.3, 0.4) is 0 Å². The summed E-state index contributed by atoms with van der Waals surface area (Å²) in [5.74, 6) is 0.555. The van der Waals surface area contributed by atoms with Crippen LogP contribution in [-0.2, 0) is 13.1 Å². The zero-order valence-electron chi connectivity index (χ0n) is 18.9. The number of nitrogens with one attached hydrogen (secondary N) is 1. The number of carbonyl (C=O) groups excluding carboxylic acids is 1. The van der Waals surface area contributed by atoms with Crippen LogP contribution in [0.25, 0.3) is 16.7 Å². The molecule has 5 aromatic rings. The summed E-state index contributed by atoms with van der Waals surface area (Å²) in [7, 11) is 0. The average Bonchev–Trinajstić information content (AvgIpc) is 3.33. The first kappa shape index (κ1) is 22.1. The number of imidazole rings is 1. The van der Waals surface area contributed by atoms with Crippen LogP contribution >= 0.6 is 0 Å². The third-order valence-corrected chi connectivity index (χ3v) is 5.60. The number of nitrogens with zero attached hydrogens (tertiary/aromatic N) is 4. The number of ether oxygens (including phenoxy) is 1. The van der Waals surface area contributed by atoms with Crippen LogP contribution in [0.15, 0.2) is 103 Å². The molecule has 3 heterocycles. The predicted octanol–water partition coefficient (Wildman–Crippen LogP) is 3.59. The molecule has 0 radical (unpaired) electrons. The Morgan fingerprint density at radius 2 is 1.89 bits per heavy atom. The molecule has 8 heteroatoms. The van der Waals surface area contributed by atoms with Crippen LogP contribution in [0.1, 0.15) is 15.9 Å². The number of aromatic nitrogens is 4. The molecule has 3 aromatic heterocycles. The molecule has 35 heavy (non-hydrogen) atoms. The van der Waals surface area contributed by atoms with E-state index in [0.717, 1.165) is 28.0 Å². The Morgan fingerprint density at radius 3 is 2.69 bits per heavy atom. The predicted molar refractivity (Wildman–Crippen MR) is 133 cm³/mol. The molecule has 2 aromatic carbocycles. The van der Waals surface area contributed by atoms with Gasteiger partial charge in [0.25, 0.3) is 11.5 Å². The van der Waals surface area contributed by atoms with Crippen LogP contribution in [-0.4, -0.2) is 31.6 Å². The van der Waals surface area contributed by atoms with E-state index in [0.29, 0.717) is 25.3 Å². The Balaban J connectivity index is 1.24. The lowest BCUT2D eigenvalue weighted by Crippen LogP contribution is -2.22. The van der Waals surface area contributed by atoms with E-state index in [1.54, 1.807) is 47.7 Å². The van der Waals surface area contributed by atoms with Crippen molar-refractivity contribution < 1.29 is 9.53 Å². The summed E-state index contributed by atoms with van der Waals surface area (Å²) < 4.78 is 9.36. The molecule has 0 saturated heterocycles. The number of hydrogen-bond acceptors (Lipinski definition) is 5. The normalized spacial score (nSPS) is 10.9. The van der Waals surface area contributed by atoms with Crippen molar-refractivity contribution in [2.24, 2.45) is 0 Å². The van der Waals surface area contributed by atoms with E-state index in [9.17, 15) is 9.59 Å². The van der Waals surface area contributed by atoms with Gasteiger partial charge in [0.1, 0.15) is 18.7 Å². The smallest absolute Gasteiger partial charge is 0.251 e. The van der Waals surface area contributed by atoms with Crippen molar-refractivity contribution in [3.05, 3.63) is 119 Å². The highest BCUT2D eigenvalue weighted by molar-refractivity contribution is 5.97. The van der Waals surface area contributed by atoms with Crippen molar-refractivity contribution in [2.75, 3.05) is 6.61 Å². The Hall–Kier alpha value is -4.72. The molecule has 0 aliphatic rings. The van der Waals surface area contributed by atoms with Gasteiger partial charge in [0, 0.05) is 42.5 Å². The van der Waals surface area contributed by atoms with Crippen LogP contribution in [0.4, 0.5) is 0 Å². The molecule has 0 unspecified atom stereocenters. The fraction of sp³-hybridized carbons (Fsp3) is 0.111.